The van der Waals surface area contributed by atoms with Crippen LogP contribution in [0.5, 0.6) is 5.75 Å². The fraction of sp³-hybridized carbons (Fsp3) is 0.464. The molecule has 0 unspecified atom stereocenters. The van der Waals surface area contributed by atoms with E-state index in [1.165, 1.54) is 50.2 Å². The van der Waals surface area contributed by atoms with Crippen LogP contribution in [-0.4, -0.2) is 67.8 Å². The Labute approximate surface area is 234 Å². The molecule has 8 nitrogen and oxygen atoms in total. The van der Waals surface area contributed by atoms with E-state index < -0.39 is 29.2 Å². The number of nitrogens with zero attached hydrogens (tertiary/aromatic N) is 2. The molecule has 1 fully saturated rings. The second-order valence-corrected chi connectivity index (χ2v) is 10.6. The van der Waals surface area contributed by atoms with Crippen molar-refractivity contribution in [3.05, 3.63) is 58.1 Å². The molecule has 2 aromatic carbocycles. The van der Waals surface area contributed by atoms with Gasteiger partial charge in [-0.1, -0.05) is 24.6 Å². The van der Waals surface area contributed by atoms with Crippen molar-refractivity contribution in [2.24, 2.45) is 5.92 Å². The third kappa shape index (κ3) is 5.49. The minimum atomic E-state index is -5.15. The normalized spacial score (nSPS) is 18.4. The number of likely N-dealkylation sites (tertiary alicyclic amines) is 1. The number of hydrogen-bond donors (Lipinski definition) is 1. The average molecular weight is 583 g/mol. The number of methoxy groups -OCH3 is 1. The number of rotatable bonds is 6. The minimum absolute atomic E-state index is 0.0444. The van der Waals surface area contributed by atoms with E-state index in [1.54, 1.807) is 4.90 Å². The third-order valence-corrected chi connectivity index (χ3v) is 8.18. The zero-order valence-corrected chi connectivity index (χ0v) is 23.0. The first kappa shape index (κ1) is 29.7. The number of piperidine rings is 1. The van der Waals surface area contributed by atoms with Gasteiger partial charge in [-0.15, -0.1) is 0 Å². The number of carbonyl (C=O) groups excluding carboxylic acids is 3. The minimum Gasteiger partial charge on any atom is -0.482 e. The van der Waals surface area contributed by atoms with Gasteiger partial charge in [0.25, 0.3) is 11.8 Å². The lowest BCUT2D eigenvalue weighted by Gasteiger charge is -2.38. The number of benzene rings is 2. The highest BCUT2D eigenvalue weighted by molar-refractivity contribution is 6.31. The monoisotopic (exact) mass is 582 g/mol. The van der Waals surface area contributed by atoms with Crippen LogP contribution in [0.3, 0.4) is 0 Å². The zero-order chi connectivity index (χ0) is 29.4. The average Bonchev–Trinajstić information content (AvgIpc) is 2.93. The van der Waals surface area contributed by atoms with Gasteiger partial charge in [0, 0.05) is 43.1 Å². The topological polar surface area (TPSA) is 96.4 Å². The second-order valence-electron chi connectivity index (χ2n) is 10.2. The third-order valence-electron chi connectivity index (χ3n) is 7.84. The number of aliphatic hydroxyl groups is 1. The molecule has 0 bridgehead atoms. The molecule has 2 aliphatic heterocycles. The fourth-order valence-corrected chi connectivity index (χ4v) is 5.53. The molecule has 0 spiro atoms. The van der Waals surface area contributed by atoms with Gasteiger partial charge in [-0.3, -0.25) is 14.4 Å². The van der Waals surface area contributed by atoms with Crippen LogP contribution in [-0.2, 0) is 19.9 Å². The first-order valence-electron chi connectivity index (χ1n) is 12.8. The lowest BCUT2D eigenvalue weighted by Crippen LogP contribution is -2.47. The molecule has 4 rings (SSSR count). The standard InChI is InChI=1S/C28H30ClF3N2O6/c1-16(27(38,28(30,31)32)19-5-7-23-22(14-19)33(2)24(35)15-40-23)20-13-18(4-6-21(20)29)26(37)34-10-8-17(9-11-34)12-25(36)39-3/h4-7,13-14,16-17,38H,8-12,15H2,1-3H3/t16-,27-/m0/s1. The van der Waals surface area contributed by atoms with Crippen LogP contribution in [0.2, 0.25) is 5.02 Å². The second kappa shape index (κ2) is 11.3. The molecule has 1 saturated heterocycles. The summed E-state index contributed by atoms with van der Waals surface area (Å²) in [5.74, 6) is -2.50. The predicted octanol–water partition coefficient (Wildman–Crippen LogP) is 4.66. The van der Waals surface area contributed by atoms with Gasteiger partial charge in [0.1, 0.15) is 5.75 Å². The van der Waals surface area contributed by atoms with Crippen molar-refractivity contribution < 1.29 is 42.1 Å². The van der Waals surface area contributed by atoms with Crippen molar-refractivity contribution >= 4 is 35.1 Å². The van der Waals surface area contributed by atoms with Crippen molar-refractivity contribution in [3.63, 3.8) is 0 Å². The highest BCUT2D eigenvalue weighted by Crippen LogP contribution is 2.51. The highest BCUT2D eigenvalue weighted by atomic mass is 35.5. The van der Waals surface area contributed by atoms with Crippen LogP contribution in [0.1, 0.15) is 53.6 Å². The van der Waals surface area contributed by atoms with E-state index in [2.05, 4.69) is 0 Å². The molecular weight excluding hydrogens is 553 g/mol. The van der Waals surface area contributed by atoms with Gasteiger partial charge in [0.2, 0.25) is 0 Å². The number of ether oxygens (including phenoxy) is 2. The van der Waals surface area contributed by atoms with E-state index in [0.717, 1.165) is 12.1 Å². The van der Waals surface area contributed by atoms with Crippen LogP contribution in [0.4, 0.5) is 18.9 Å². The summed E-state index contributed by atoms with van der Waals surface area (Å²) in [6.45, 7) is 1.70. The Kier molecular flexibility index (Phi) is 8.37. The van der Waals surface area contributed by atoms with Gasteiger partial charge in [-0.25, -0.2) is 0 Å². The number of alkyl halides is 3. The maximum atomic E-state index is 14.7. The number of hydrogen-bond acceptors (Lipinski definition) is 6. The lowest BCUT2D eigenvalue weighted by atomic mass is 9.77. The summed E-state index contributed by atoms with van der Waals surface area (Å²) in [6.07, 6.45) is -3.71. The van der Waals surface area contributed by atoms with E-state index in [-0.39, 0.29) is 58.4 Å². The van der Waals surface area contributed by atoms with Crippen molar-refractivity contribution in [3.8, 4) is 5.75 Å². The molecule has 2 amide bonds. The van der Waals surface area contributed by atoms with Crippen LogP contribution in [0.25, 0.3) is 0 Å². The number of fused-ring (bicyclic) bond motifs is 1. The first-order valence-corrected chi connectivity index (χ1v) is 13.1. The first-order chi connectivity index (χ1) is 18.8. The van der Waals surface area contributed by atoms with Crippen molar-refractivity contribution in [1.29, 1.82) is 0 Å². The van der Waals surface area contributed by atoms with Crippen LogP contribution in [0, 0.1) is 5.92 Å². The fourth-order valence-electron chi connectivity index (χ4n) is 5.24. The van der Waals surface area contributed by atoms with Gasteiger partial charge in [-0.2, -0.15) is 13.2 Å². The number of halogens is 4. The van der Waals surface area contributed by atoms with Gasteiger partial charge in [0.05, 0.1) is 12.8 Å². The molecular formula is C28H30ClF3N2O6. The Morgan fingerprint density at radius 2 is 1.85 bits per heavy atom. The molecule has 2 aliphatic rings. The number of amides is 2. The van der Waals surface area contributed by atoms with E-state index in [1.807, 2.05) is 0 Å². The van der Waals surface area contributed by atoms with Crippen LogP contribution >= 0.6 is 11.6 Å². The Hall–Kier alpha value is -3.31. The largest absolute Gasteiger partial charge is 0.482 e. The summed E-state index contributed by atoms with van der Waals surface area (Å²) >= 11 is 6.34. The quantitative estimate of drug-likeness (QED) is 0.498. The molecule has 12 heteroatoms. The SMILES string of the molecule is COC(=O)CC1CCN(C(=O)c2ccc(Cl)c([C@H](C)[C@](O)(c3ccc4c(c3)N(C)C(=O)CO4)C(F)(F)F)c2)CC1. The maximum absolute atomic E-state index is 14.7. The number of likely N-dealkylation sites (N-methyl/N-ethyl adjacent to an activating group) is 1. The molecule has 0 aromatic heterocycles. The van der Waals surface area contributed by atoms with E-state index in [0.29, 0.717) is 25.9 Å². The van der Waals surface area contributed by atoms with Gasteiger partial charge >= 0.3 is 12.1 Å². The van der Waals surface area contributed by atoms with Gasteiger partial charge < -0.3 is 24.4 Å². The van der Waals surface area contributed by atoms with E-state index in [9.17, 15) is 32.7 Å². The molecule has 0 radical (unpaired) electrons. The van der Waals surface area contributed by atoms with Gasteiger partial charge in [-0.05, 0) is 60.2 Å². The summed E-state index contributed by atoms with van der Waals surface area (Å²) in [6, 6.07) is 7.53. The molecule has 40 heavy (non-hydrogen) atoms. The molecule has 0 saturated carbocycles. The molecule has 0 aliphatic carbocycles. The summed E-state index contributed by atoms with van der Waals surface area (Å²) < 4.78 is 54.0. The molecule has 2 atom stereocenters. The zero-order valence-electron chi connectivity index (χ0n) is 22.3. The Morgan fingerprint density at radius 1 is 1.18 bits per heavy atom. The summed E-state index contributed by atoms with van der Waals surface area (Å²) in [5.41, 5.74) is -3.76. The Balaban J connectivity index is 1.64. The van der Waals surface area contributed by atoms with Crippen LogP contribution in [0.15, 0.2) is 36.4 Å². The molecule has 216 valence electrons. The Bertz CT molecular complexity index is 1310. The number of carbonyl (C=O) groups is 3. The van der Waals surface area contributed by atoms with Crippen molar-refractivity contribution in [1.82, 2.24) is 4.90 Å². The van der Waals surface area contributed by atoms with E-state index >= 15 is 0 Å². The number of esters is 1. The van der Waals surface area contributed by atoms with Crippen LogP contribution < -0.4 is 9.64 Å². The summed E-state index contributed by atoms with van der Waals surface area (Å²) in [4.78, 5) is 39.7. The predicted molar refractivity (Wildman–Crippen MR) is 140 cm³/mol. The Morgan fingerprint density at radius 3 is 2.48 bits per heavy atom. The smallest absolute Gasteiger partial charge is 0.422 e. The number of anilines is 1. The van der Waals surface area contributed by atoms with Crippen molar-refractivity contribution in [2.75, 3.05) is 38.8 Å². The summed E-state index contributed by atoms with van der Waals surface area (Å²) in [7, 11) is 2.73. The van der Waals surface area contributed by atoms with Gasteiger partial charge in [0.15, 0.2) is 12.2 Å². The summed E-state index contributed by atoms with van der Waals surface area (Å²) in [5, 5.41) is 11.3. The van der Waals surface area contributed by atoms with E-state index in [4.69, 9.17) is 21.1 Å². The van der Waals surface area contributed by atoms with Crippen molar-refractivity contribution in [2.45, 2.75) is 43.9 Å². The molecule has 1 N–H and O–H groups in total. The molecule has 2 heterocycles. The molecule has 2 aromatic rings. The lowest BCUT2D eigenvalue weighted by molar-refractivity contribution is -0.274. The highest BCUT2D eigenvalue weighted by Gasteiger charge is 2.59. The maximum Gasteiger partial charge on any atom is 0.422 e.